The smallest absolute Gasteiger partial charge is 0.380 e. The quantitative estimate of drug-likeness (QED) is 0.510. The van der Waals surface area contributed by atoms with Crippen LogP contribution in [0.3, 0.4) is 0 Å². The Morgan fingerprint density at radius 1 is 1.06 bits per heavy atom. The minimum atomic E-state index is -4.98. The molecule has 1 heterocycles. The number of carbonyl (C=O) groups is 2. The zero-order chi connectivity index (χ0) is 26.8. The Morgan fingerprint density at radius 3 is 2.33 bits per heavy atom. The molecule has 2 amide bonds. The summed E-state index contributed by atoms with van der Waals surface area (Å²) in [5, 5.41) is 4.97. The van der Waals surface area contributed by atoms with E-state index in [1.807, 2.05) is 0 Å². The van der Waals surface area contributed by atoms with E-state index < -0.39 is 41.6 Å². The molecule has 0 aliphatic carbocycles. The van der Waals surface area contributed by atoms with Gasteiger partial charge in [-0.2, -0.15) is 26.3 Å². The van der Waals surface area contributed by atoms with Crippen molar-refractivity contribution in [2.45, 2.75) is 44.7 Å². The average molecular weight is 540 g/mol. The van der Waals surface area contributed by atoms with Crippen molar-refractivity contribution in [3.63, 3.8) is 0 Å². The van der Waals surface area contributed by atoms with Crippen LogP contribution in [-0.2, 0) is 24.2 Å². The van der Waals surface area contributed by atoms with Gasteiger partial charge in [-0.3, -0.25) is 9.59 Å². The summed E-state index contributed by atoms with van der Waals surface area (Å²) in [4.78, 5) is 24.4. The van der Waals surface area contributed by atoms with E-state index in [1.54, 1.807) is 17.4 Å². The standard InChI is InChI=1S/C23H21ClF7N3O2/c1-12(22(26,27)28)33-20(35)16-4-2-13(10-18(16)25)11-32-19-15-7-9-34(21(36)23(29,30)31)8-6-14(15)3-5-17(19)24/h2-5,10,12,32H,6-9,11H2,1H3,(H,33,35)/t12-/m1/s1. The summed E-state index contributed by atoms with van der Waals surface area (Å²) in [7, 11) is 0. The monoisotopic (exact) mass is 539 g/mol. The molecule has 0 saturated carbocycles. The number of benzene rings is 2. The van der Waals surface area contributed by atoms with Gasteiger partial charge in [0.15, 0.2) is 0 Å². The molecule has 36 heavy (non-hydrogen) atoms. The molecular weight excluding hydrogens is 519 g/mol. The zero-order valence-electron chi connectivity index (χ0n) is 18.8. The highest BCUT2D eigenvalue weighted by atomic mass is 35.5. The summed E-state index contributed by atoms with van der Waals surface area (Å²) in [5.41, 5.74) is 1.52. The van der Waals surface area contributed by atoms with E-state index in [2.05, 4.69) is 5.32 Å². The van der Waals surface area contributed by atoms with Crippen molar-refractivity contribution in [2.75, 3.05) is 18.4 Å². The summed E-state index contributed by atoms with van der Waals surface area (Å²) in [6.45, 7) is 0.446. The Hall–Kier alpha value is -3.02. The van der Waals surface area contributed by atoms with E-state index in [4.69, 9.17) is 11.6 Å². The van der Waals surface area contributed by atoms with Crippen molar-refractivity contribution in [3.8, 4) is 0 Å². The van der Waals surface area contributed by atoms with Crippen LogP contribution in [0.2, 0.25) is 5.02 Å². The van der Waals surface area contributed by atoms with Crippen LogP contribution >= 0.6 is 11.6 Å². The van der Waals surface area contributed by atoms with Crippen LogP contribution in [0.1, 0.15) is 34.0 Å². The molecule has 0 spiro atoms. The lowest BCUT2D eigenvalue weighted by Gasteiger charge is -2.21. The first kappa shape index (κ1) is 27.6. The maximum Gasteiger partial charge on any atom is 0.471 e. The third-order valence-corrected chi connectivity index (χ3v) is 6.07. The highest BCUT2D eigenvalue weighted by molar-refractivity contribution is 6.33. The summed E-state index contributed by atoms with van der Waals surface area (Å²) < 4.78 is 90.9. The second kappa shape index (κ2) is 10.5. The number of hydrogen-bond donors (Lipinski definition) is 2. The van der Waals surface area contributed by atoms with Crippen molar-refractivity contribution in [3.05, 3.63) is 63.4 Å². The normalized spacial score (nSPS) is 15.1. The van der Waals surface area contributed by atoms with E-state index in [1.165, 1.54) is 6.07 Å². The van der Waals surface area contributed by atoms with Crippen molar-refractivity contribution >= 4 is 29.1 Å². The van der Waals surface area contributed by atoms with Crippen LogP contribution in [-0.4, -0.2) is 48.2 Å². The lowest BCUT2D eigenvalue weighted by Crippen LogP contribution is -2.43. The van der Waals surface area contributed by atoms with Gasteiger partial charge in [0.2, 0.25) is 0 Å². The van der Waals surface area contributed by atoms with Crippen molar-refractivity contribution < 1.29 is 40.3 Å². The molecule has 2 aromatic carbocycles. The lowest BCUT2D eigenvalue weighted by atomic mass is 10.0. The van der Waals surface area contributed by atoms with Crippen LogP contribution in [0.25, 0.3) is 0 Å². The number of nitrogens with zero attached hydrogens (tertiary/aromatic N) is 1. The molecule has 1 atom stereocenters. The molecule has 0 radical (unpaired) electrons. The predicted octanol–water partition coefficient (Wildman–Crippen LogP) is 5.26. The average Bonchev–Trinajstić information content (AvgIpc) is 2.99. The number of amides is 2. The number of alkyl halides is 6. The van der Waals surface area contributed by atoms with Gasteiger partial charge in [0, 0.05) is 19.6 Å². The Morgan fingerprint density at radius 2 is 1.72 bits per heavy atom. The van der Waals surface area contributed by atoms with Crippen LogP contribution < -0.4 is 10.6 Å². The van der Waals surface area contributed by atoms with Gasteiger partial charge < -0.3 is 15.5 Å². The molecule has 196 valence electrons. The highest BCUT2D eigenvalue weighted by Gasteiger charge is 2.42. The molecular formula is C23H21ClF7N3O2. The second-order valence-corrected chi connectivity index (χ2v) is 8.66. The minimum absolute atomic E-state index is 0.000851. The van der Waals surface area contributed by atoms with Crippen LogP contribution in [0.5, 0.6) is 0 Å². The van der Waals surface area contributed by atoms with Gasteiger partial charge >= 0.3 is 18.3 Å². The summed E-state index contributed by atoms with van der Waals surface area (Å²) in [6, 6.07) is 4.45. The van der Waals surface area contributed by atoms with Crippen LogP contribution in [0.15, 0.2) is 30.3 Å². The van der Waals surface area contributed by atoms with Crippen LogP contribution in [0.4, 0.5) is 36.4 Å². The predicted molar refractivity (Wildman–Crippen MR) is 118 cm³/mol. The highest BCUT2D eigenvalue weighted by Crippen LogP contribution is 2.33. The van der Waals surface area contributed by atoms with E-state index in [0.717, 1.165) is 24.0 Å². The molecule has 1 aliphatic rings. The SMILES string of the molecule is C[C@@H](NC(=O)c1ccc(CNc2c(Cl)ccc3c2CCN(C(=O)C(F)(F)F)CC3)cc1F)C(F)(F)F. The first-order chi connectivity index (χ1) is 16.7. The van der Waals surface area contributed by atoms with Gasteiger partial charge in [0.05, 0.1) is 16.3 Å². The molecule has 2 N–H and O–H groups in total. The van der Waals surface area contributed by atoms with E-state index in [0.29, 0.717) is 22.4 Å². The number of fused-ring (bicyclic) bond motifs is 1. The van der Waals surface area contributed by atoms with Crippen LogP contribution in [0, 0.1) is 5.82 Å². The maximum absolute atomic E-state index is 14.5. The number of rotatable bonds is 5. The molecule has 5 nitrogen and oxygen atoms in total. The van der Waals surface area contributed by atoms with Gasteiger partial charge in [-0.15, -0.1) is 0 Å². The fraction of sp³-hybridized carbons (Fsp3) is 0.391. The zero-order valence-corrected chi connectivity index (χ0v) is 19.5. The molecule has 13 heteroatoms. The molecule has 0 unspecified atom stereocenters. The van der Waals surface area contributed by atoms with Gasteiger partial charge in [-0.1, -0.05) is 23.7 Å². The fourth-order valence-electron chi connectivity index (χ4n) is 3.77. The Labute approximate surface area is 206 Å². The minimum Gasteiger partial charge on any atom is -0.380 e. The number of anilines is 1. The molecule has 2 aromatic rings. The largest absolute Gasteiger partial charge is 0.471 e. The topological polar surface area (TPSA) is 61.4 Å². The van der Waals surface area contributed by atoms with Crippen molar-refractivity contribution in [1.82, 2.24) is 10.2 Å². The molecule has 0 aromatic heterocycles. The first-order valence-corrected chi connectivity index (χ1v) is 11.1. The van der Waals surface area contributed by atoms with Gasteiger partial charge in [0.25, 0.3) is 5.91 Å². The number of nitrogens with one attached hydrogen (secondary N) is 2. The van der Waals surface area contributed by atoms with Gasteiger partial charge in [-0.25, -0.2) is 4.39 Å². The first-order valence-electron chi connectivity index (χ1n) is 10.7. The summed E-state index contributed by atoms with van der Waals surface area (Å²) >= 11 is 6.29. The summed E-state index contributed by atoms with van der Waals surface area (Å²) in [5.74, 6) is -4.16. The molecule has 0 fully saturated rings. The van der Waals surface area contributed by atoms with Gasteiger partial charge in [-0.05, 0) is 54.7 Å². The van der Waals surface area contributed by atoms with E-state index in [-0.39, 0.29) is 37.5 Å². The number of halogens is 8. The van der Waals surface area contributed by atoms with Crippen molar-refractivity contribution in [1.29, 1.82) is 0 Å². The van der Waals surface area contributed by atoms with Gasteiger partial charge in [0.1, 0.15) is 11.9 Å². The van der Waals surface area contributed by atoms with E-state index >= 15 is 0 Å². The molecule has 0 bridgehead atoms. The lowest BCUT2D eigenvalue weighted by molar-refractivity contribution is -0.185. The third kappa shape index (κ3) is 6.40. The maximum atomic E-state index is 14.5. The van der Waals surface area contributed by atoms with E-state index in [9.17, 15) is 40.3 Å². The fourth-order valence-corrected chi connectivity index (χ4v) is 4.01. The third-order valence-electron chi connectivity index (χ3n) is 5.76. The Kier molecular flexibility index (Phi) is 8.07. The molecule has 1 aliphatic heterocycles. The number of hydrogen-bond acceptors (Lipinski definition) is 3. The number of carbonyl (C=O) groups excluding carboxylic acids is 2. The summed E-state index contributed by atoms with van der Waals surface area (Å²) in [6.07, 6.45) is -9.38. The second-order valence-electron chi connectivity index (χ2n) is 8.25. The Balaban J connectivity index is 1.73. The molecule has 0 saturated heterocycles. The molecule has 3 rings (SSSR count). The Bertz CT molecular complexity index is 1150. The van der Waals surface area contributed by atoms with Crippen molar-refractivity contribution in [2.24, 2.45) is 0 Å².